The molecule has 0 radical (unpaired) electrons. The third kappa shape index (κ3) is 4.51. The van der Waals surface area contributed by atoms with Crippen molar-refractivity contribution in [1.82, 2.24) is 10.6 Å². The summed E-state index contributed by atoms with van der Waals surface area (Å²) in [6, 6.07) is 8.42. The Morgan fingerprint density at radius 3 is 2.03 bits per heavy atom. The Bertz CT molecular complexity index is 717. The van der Waals surface area contributed by atoms with E-state index in [2.05, 4.69) is 48.7 Å². The van der Waals surface area contributed by atoms with Crippen LogP contribution in [0.15, 0.2) is 24.3 Å². The van der Waals surface area contributed by atoms with Crippen LogP contribution in [0.2, 0.25) is 0 Å². The maximum absolute atomic E-state index is 13.0. The van der Waals surface area contributed by atoms with Gasteiger partial charge in [-0.25, -0.2) is 0 Å². The van der Waals surface area contributed by atoms with Crippen molar-refractivity contribution in [2.75, 3.05) is 6.54 Å². The van der Waals surface area contributed by atoms with Crippen LogP contribution in [-0.2, 0) is 16.0 Å². The summed E-state index contributed by atoms with van der Waals surface area (Å²) in [5.41, 5.74) is 2.23. The summed E-state index contributed by atoms with van der Waals surface area (Å²) >= 11 is 0. The summed E-state index contributed by atoms with van der Waals surface area (Å²) < 4.78 is 0. The Labute approximate surface area is 175 Å². The van der Waals surface area contributed by atoms with Crippen LogP contribution in [0.4, 0.5) is 0 Å². The second-order valence-electron chi connectivity index (χ2n) is 10.5. The standard InChI is InChI=1S/C25H36N2O2/c1-16(2)8-18-4-6-22(7-5-18)17(3)27-23(28)15-26-24(29)25-12-19-9-20(13-25)11-21(10-19)14-25/h4-7,16-17,19-21H,8-15H2,1-3H3,(H,26,29)(H,27,28). The van der Waals surface area contributed by atoms with Crippen LogP contribution in [0.5, 0.6) is 0 Å². The lowest BCUT2D eigenvalue weighted by Crippen LogP contribution is -2.54. The van der Waals surface area contributed by atoms with Crippen molar-refractivity contribution in [3.8, 4) is 0 Å². The molecule has 0 aliphatic heterocycles. The van der Waals surface area contributed by atoms with Crippen molar-refractivity contribution in [3.63, 3.8) is 0 Å². The quantitative estimate of drug-likeness (QED) is 0.718. The normalized spacial score (nSPS) is 31.0. The topological polar surface area (TPSA) is 58.2 Å². The van der Waals surface area contributed by atoms with Crippen LogP contribution in [0, 0.1) is 29.1 Å². The van der Waals surface area contributed by atoms with Crippen molar-refractivity contribution in [3.05, 3.63) is 35.4 Å². The summed E-state index contributed by atoms with van der Waals surface area (Å²) in [7, 11) is 0. The van der Waals surface area contributed by atoms with Crippen LogP contribution < -0.4 is 10.6 Å². The first-order valence-electron chi connectivity index (χ1n) is 11.5. The van der Waals surface area contributed by atoms with E-state index in [4.69, 9.17) is 0 Å². The van der Waals surface area contributed by atoms with Gasteiger partial charge in [-0.1, -0.05) is 38.1 Å². The van der Waals surface area contributed by atoms with Gasteiger partial charge in [0, 0.05) is 5.41 Å². The lowest BCUT2D eigenvalue weighted by molar-refractivity contribution is -0.147. The number of nitrogens with one attached hydrogen (secondary N) is 2. The van der Waals surface area contributed by atoms with E-state index in [-0.39, 0.29) is 29.8 Å². The highest BCUT2D eigenvalue weighted by Crippen LogP contribution is 2.60. The molecule has 5 rings (SSSR count). The highest BCUT2D eigenvalue weighted by molar-refractivity contribution is 5.88. The van der Waals surface area contributed by atoms with Crippen LogP contribution >= 0.6 is 0 Å². The van der Waals surface area contributed by atoms with Crippen molar-refractivity contribution >= 4 is 11.8 Å². The maximum Gasteiger partial charge on any atom is 0.239 e. The zero-order valence-corrected chi connectivity index (χ0v) is 18.2. The zero-order valence-electron chi connectivity index (χ0n) is 18.2. The minimum atomic E-state index is -0.188. The second kappa shape index (κ2) is 8.12. The van der Waals surface area contributed by atoms with E-state index in [1.807, 2.05) is 6.92 Å². The fourth-order valence-corrected chi connectivity index (χ4v) is 6.53. The van der Waals surface area contributed by atoms with Gasteiger partial charge in [0.05, 0.1) is 12.6 Å². The van der Waals surface area contributed by atoms with Gasteiger partial charge in [0.2, 0.25) is 11.8 Å². The molecule has 4 nitrogen and oxygen atoms in total. The van der Waals surface area contributed by atoms with Crippen LogP contribution in [0.3, 0.4) is 0 Å². The van der Waals surface area contributed by atoms with Gasteiger partial charge >= 0.3 is 0 Å². The highest BCUT2D eigenvalue weighted by atomic mass is 16.2. The molecule has 1 unspecified atom stereocenters. The molecule has 0 spiro atoms. The molecule has 4 heteroatoms. The molecule has 1 atom stereocenters. The largest absolute Gasteiger partial charge is 0.348 e. The molecular weight excluding hydrogens is 360 g/mol. The molecule has 0 heterocycles. The van der Waals surface area contributed by atoms with Gasteiger partial charge in [0.25, 0.3) is 0 Å². The third-order valence-corrected chi connectivity index (χ3v) is 7.43. The maximum atomic E-state index is 13.0. The lowest BCUT2D eigenvalue weighted by Gasteiger charge is -2.55. The molecule has 29 heavy (non-hydrogen) atoms. The third-order valence-electron chi connectivity index (χ3n) is 7.43. The van der Waals surface area contributed by atoms with Gasteiger partial charge < -0.3 is 10.6 Å². The van der Waals surface area contributed by atoms with E-state index in [9.17, 15) is 9.59 Å². The summed E-state index contributed by atoms with van der Waals surface area (Å²) in [4.78, 5) is 25.4. The molecule has 4 bridgehead atoms. The van der Waals surface area contributed by atoms with Gasteiger partial charge in [0.15, 0.2) is 0 Å². The van der Waals surface area contributed by atoms with Gasteiger partial charge in [-0.3, -0.25) is 9.59 Å². The molecular formula is C25H36N2O2. The van der Waals surface area contributed by atoms with Gasteiger partial charge in [0.1, 0.15) is 0 Å². The first-order valence-corrected chi connectivity index (χ1v) is 11.5. The molecule has 1 aromatic carbocycles. The highest BCUT2D eigenvalue weighted by Gasteiger charge is 2.54. The molecule has 2 amide bonds. The number of amides is 2. The van der Waals surface area contributed by atoms with Crippen LogP contribution in [0.1, 0.15) is 76.5 Å². The monoisotopic (exact) mass is 396 g/mol. The van der Waals surface area contributed by atoms with E-state index in [1.165, 1.54) is 24.8 Å². The number of rotatable bonds is 7. The second-order valence-corrected chi connectivity index (χ2v) is 10.5. The van der Waals surface area contributed by atoms with Crippen LogP contribution in [0.25, 0.3) is 0 Å². The molecule has 158 valence electrons. The average Bonchev–Trinajstić information content (AvgIpc) is 2.65. The smallest absolute Gasteiger partial charge is 0.239 e. The molecule has 4 fully saturated rings. The van der Waals surface area contributed by atoms with E-state index >= 15 is 0 Å². The van der Waals surface area contributed by atoms with Gasteiger partial charge in [-0.15, -0.1) is 0 Å². The zero-order chi connectivity index (χ0) is 20.6. The molecule has 4 aliphatic carbocycles. The van der Waals surface area contributed by atoms with E-state index in [0.29, 0.717) is 5.92 Å². The first-order chi connectivity index (χ1) is 13.8. The molecule has 0 aromatic heterocycles. The SMILES string of the molecule is CC(C)Cc1ccc(C(C)NC(=O)CNC(=O)C23CC4CC(CC(C4)C2)C3)cc1. The Morgan fingerprint density at radius 1 is 0.966 bits per heavy atom. The number of hydrogen-bond donors (Lipinski definition) is 2. The Kier molecular flexibility index (Phi) is 5.72. The van der Waals surface area contributed by atoms with Crippen molar-refractivity contribution in [2.24, 2.45) is 29.1 Å². The van der Waals surface area contributed by atoms with E-state index in [0.717, 1.165) is 49.0 Å². The predicted molar refractivity (Wildman–Crippen MR) is 115 cm³/mol. The summed E-state index contributed by atoms with van der Waals surface area (Å²) in [5.74, 6) is 2.85. The van der Waals surface area contributed by atoms with Crippen molar-refractivity contribution in [2.45, 2.75) is 71.8 Å². The Morgan fingerprint density at radius 2 is 1.52 bits per heavy atom. The molecule has 0 saturated heterocycles. The fraction of sp³-hybridized carbons (Fsp3) is 0.680. The van der Waals surface area contributed by atoms with Gasteiger partial charge in [-0.2, -0.15) is 0 Å². The summed E-state index contributed by atoms with van der Waals surface area (Å²) in [6.45, 7) is 6.51. The molecule has 4 saturated carbocycles. The number of hydrogen-bond acceptors (Lipinski definition) is 2. The van der Waals surface area contributed by atoms with E-state index < -0.39 is 0 Å². The fourth-order valence-electron chi connectivity index (χ4n) is 6.53. The lowest BCUT2D eigenvalue weighted by atomic mass is 9.49. The van der Waals surface area contributed by atoms with Crippen molar-refractivity contribution in [1.29, 1.82) is 0 Å². The first kappa shape index (κ1) is 20.4. The number of carbonyl (C=O) groups excluding carboxylic acids is 2. The Hall–Kier alpha value is -1.84. The molecule has 4 aliphatic rings. The minimum absolute atomic E-state index is 0.0629. The summed E-state index contributed by atoms with van der Waals surface area (Å²) in [6.07, 6.45) is 8.13. The van der Waals surface area contributed by atoms with Crippen molar-refractivity contribution < 1.29 is 9.59 Å². The Balaban J connectivity index is 1.27. The van der Waals surface area contributed by atoms with E-state index in [1.54, 1.807) is 0 Å². The number of benzene rings is 1. The van der Waals surface area contributed by atoms with Crippen LogP contribution in [-0.4, -0.2) is 18.4 Å². The molecule has 2 N–H and O–H groups in total. The minimum Gasteiger partial charge on any atom is -0.348 e. The average molecular weight is 397 g/mol. The molecule has 1 aromatic rings. The summed E-state index contributed by atoms with van der Waals surface area (Å²) in [5, 5.41) is 6.01. The number of carbonyl (C=O) groups is 2. The van der Waals surface area contributed by atoms with Gasteiger partial charge in [-0.05, 0) is 86.7 Å². The predicted octanol–water partition coefficient (Wildman–Crippen LogP) is 4.39.